The van der Waals surface area contributed by atoms with Crippen molar-refractivity contribution in [2.24, 2.45) is 0 Å². The number of aromatic nitrogens is 2. The summed E-state index contributed by atoms with van der Waals surface area (Å²) >= 11 is 0. The Morgan fingerprint density at radius 3 is 3.00 bits per heavy atom. The van der Waals surface area contributed by atoms with Gasteiger partial charge < -0.3 is 5.32 Å². The van der Waals surface area contributed by atoms with E-state index in [9.17, 15) is 4.79 Å². The Balaban J connectivity index is 1.77. The normalized spacial score (nSPS) is 15.4. The fourth-order valence-corrected chi connectivity index (χ4v) is 1.25. The minimum Gasteiger partial charge on any atom is -0.314 e. The molecule has 0 amide bonds. The van der Waals surface area contributed by atoms with Gasteiger partial charge >= 0.3 is 0 Å². The third kappa shape index (κ3) is 2.60. The van der Waals surface area contributed by atoms with Crippen molar-refractivity contribution in [3.8, 4) is 0 Å². The number of hydrogen-bond donors (Lipinski definition) is 1. The van der Waals surface area contributed by atoms with Crippen LogP contribution in [0.2, 0.25) is 0 Å². The molecule has 1 fully saturated rings. The lowest BCUT2D eigenvalue weighted by Gasteiger charge is -2.00. The molecule has 14 heavy (non-hydrogen) atoms. The van der Waals surface area contributed by atoms with Gasteiger partial charge in [0, 0.05) is 31.4 Å². The van der Waals surface area contributed by atoms with E-state index in [1.165, 1.54) is 19.0 Å². The third-order valence-electron chi connectivity index (χ3n) is 2.21. The zero-order valence-corrected chi connectivity index (χ0v) is 7.94. The van der Waals surface area contributed by atoms with Gasteiger partial charge in [-0.05, 0) is 12.8 Å². The third-order valence-corrected chi connectivity index (χ3v) is 2.21. The molecule has 1 aliphatic carbocycles. The minimum absolute atomic E-state index is 0.0613. The van der Waals surface area contributed by atoms with Crippen molar-refractivity contribution in [3.63, 3.8) is 0 Å². The number of Topliss-reactive ketones (excluding diaryl/α,β-unsaturated/α-hetero) is 1. The van der Waals surface area contributed by atoms with Crippen LogP contribution >= 0.6 is 0 Å². The average Bonchev–Trinajstić information content (AvgIpc) is 3.03. The molecule has 0 atom stereocenters. The molecule has 1 N–H and O–H groups in total. The molecule has 1 aliphatic rings. The molecule has 1 aromatic rings. The van der Waals surface area contributed by atoms with Gasteiger partial charge in [0.1, 0.15) is 5.69 Å². The SMILES string of the molecule is O=C(CCNC1CC1)c1cnccn1. The summed E-state index contributed by atoms with van der Waals surface area (Å²) in [7, 11) is 0. The molecule has 0 aliphatic heterocycles. The summed E-state index contributed by atoms with van der Waals surface area (Å²) in [4.78, 5) is 19.3. The van der Waals surface area contributed by atoms with Gasteiger partial charge in [-0.2, -0.15) is 0 Å². The zero-order valence-electron chi connectivity index (χ0n) is 7.94. The number of carbonyl (C=O) groups is 1. The van der Waals surface area contributed by atoms with Crippen molar-refractivity contribution < 1.29 is 4.79 Å². The summed E-state index contributed by atoms with van der Waals surface area (Å²) in [5, 5.41) is 3.29. The maximum absolute atomic E-state index is 11.5. The first-order valence-electron chi connectivity index (χ1n) is 4.89. The molecule has 1 saturated carbocycles. The number of carbonyl (C=O) groups excluding carboxylic acids is 1. The minimum atomic E-state index is 0.0613. The lowest BCUT2D eigenvalue weighted by atomic mass is 10.2. The highest BCUT2D eigenvalue weighted by molar-refractivity contribution is 5.93. The number of hydrogen-bond acceptors (Lipinski definition) is 4. The second-order valence-electron chi connectivity index (χ2n) is 3.49. The summed E-state index contributed by atoms with van der Waals surface area (Å²) in [6.07, 6.45) is 7.63. The lowest BCUT2D eigenvalue weighted by molar-refractivity contribution is 0.0977. The van der Waals surface area contributed by atoms with E-state index < -0.39 is 0 Å². The molecule has 0 unspecified atom stereocenters. The van der Waals surface area contributed by atoms with Crippen molar-refractivity contribution in [1.29, 1.82) is 0 Å². The maximum atomic E-state index is 11.5. The summed E-state index contributed by atoms with van der Waals surface area (Å²) in [5.74, 6) is 0.0613. The number of rotatable bonds is 5. The Morgan fingerprint density at radius 2 is 2.36 bits per heavy atom. The van der Waals surface area contributed by atoms with E-state index in [0.29, 0.717) is 18.2 Å². The second-order valence-corrected chi connectivity index (χ2v) is 3.49. The summed E-state index contributed by atoms with van der Waals surface area (Å²) < 4.78 is 0. The molecule has 1 heterocycles. The van der Waals surface area contributed by atoms with E-state index in [2.05, 4.69) is 15.3 Å². The van der Waals surface area contributed by atoms with Gasteiger partial charge in [0.15, 0.2) is 5.78 Å². The number of nitrogens with zero attached hydrogens (tertiary/aromatic N) is 2. The van der Waals surface area contributed by atoms with Crippen LogP contribution in [0.25, 0.3) is 0 Å². The maximum Gasteiger partial charge on any atom is 0.184 e. The highest BCUT2D eigenvalue weighted by Gasteiger charge is 2.20. The van der Waals surface area contributed by atoms with Crippen LogP contribution in [-0.4, -0.2) is 28.3 Å². The van der Waals surface area contributed by atoms with Crippen LogP contribution in [0.1, 0.15) is 29.8 Å². The van der Waals surface area contributed by atoms with Gasteiger partial charge in [-0.3, -0.25) is 9.78 Å². The van der Waals surface area contributed by atoms with Crippen LogP contribution in [-0.2, 0) is 0 Å². The first-order chi connectivity index (χ1) is 6.86. The summed E-state index contributed by atoms with van der Waals surface area (Å²) in [6.45, 7) is 0.750. The predicted octanol–water partition coefficient (Wildman–Crippen LogP) is 0.801. The van der Waals surface area contributed by atoms with Crippen molar-refractivity contribution in [2.75, 3.05) is 6.54 Å². The smallest absolute Gasteiger partial charge is 0.184 e. The standard InChI is InChI=1S/C10H13N3O/c14-10(3-4-12-8-1-2-8)9-7-11-5-6-13-9/h5-8,12H,1-4H2. The quantitative estimate of drug-likeness (QED) is 0.699. The predicted molar refractivity (Wildman–Crippen MR) is 52.0 cm³/mol. The van der Waals surface area contributed by atoms with Crippen LogP contribution in [0.15, 0.2) is 18.6 Å². The first-order valence-corrected chi connectivity index (χ1v) is 4.89. The molecule has 74 valence electrons. The highest BCUT2D eigenvalue weighted by Crippen LogP contribution is 2.18. The highest BCUT2D eigenvalue weighted by atomic mass is 16.1. The Hall–Kier alpha value is -1.29. The van der Waals surface area contributed by atoms with Crippen molar-refractivity contribution in [3.05, 3.63) is 24.3 Å². The number of ketones is 1. The zero-order chi connectivity index (χ0) is 9.80. The molecule has 0 saturated heterocycles. The van der Waals surface area contributed by atoms with Gasteiger partial charge in [0.2, 0.25) is 0 Å². The fraction of sp³-hybridized carbons (Fsp3) is 0.500. The van der Waals surface area contributed by atoms with E-state index in [1.807, 2.05) is 0 Å². The molecule has 0 bridgehead atoms. The van der Waals surface area contributed by atoms with Crippen LogP contribution in [0.4, 0.5) is 0 Å². The van der Waals surface area contributed by atoms with E-state index in [4.69, 9.17) is 0 Å². The Labute approximate surface area is 82.8 Å². The van der Waals surface area contributed by atoms with Gasteiger partial charge in [-0.15, -0.1) is 0 Å². The Kier molecular flexibility index (Phi) is 2.84. The van der Waals surface area contributed by atoms with E-state index >= 15 is 0 Å². The average molecular weight is 191 g/mol. The summed E-state index contributed by atoms with van der Waals surface area (Å²) in [5.41, 5.74) is 0.463. The molecule has 0 aromatic carbocycles. The Morgan fingerprint density at radius 1 is 1.50 bits per heavy atom. The molecule has 0 spiro atoms. The van der Waals surface area contributed by atoms with Crippen LogP contribution in [0, 0.1) is 0 Å². The largest absolute Gasteiger partial charge is 0.314 e. The molecular formula is C10H13N3O. The molecule has 4 nitrogen and oxygen atoms in total. The van der Waals surface area contributed by atoms with E-state index in [-0.39, 0.29) is 5.78 Å². The number of nitrogens with one attached hydrogen (secondary N) is 1. The molecule has 0 radical (unpaired) electrons. The van der Waals surface area contributed by atoms with Crippen molar-refractivity contribution in [2.45, 2.75) is 25.3 Å². The topological polar surface area (TPSA) is 54.9 Å². The van der Waals surface area contributed by atoms with Gasteiger partial charge in [0.25, 0.3) is 0 Å². The first kappa shape index (κ1) is 9.27. The molecular weight excluding hydrogens is 178 g/mol. The lowest BCUT2D eigenvalue weighted by Crippen LogP contribution is -2.20. The monoisotopic (exact) mass is 191 g/mol. The van der Waals surface area contributed by atoms with Crippen molar-refractivity contribution >= 4 is 5.78 Å². The van der Waals surface area contributed by atoms with Crippen LogP contribution in [0.5, 0.6) is 0 Å². The summed E-state index contributed by atoms with van der Waals surface area (Å²) in [6, 6.07) is 0.657. The van der Waals surface area contributed by atoms with E-state index in [1.54, 1.807) is 12.4 Å². The molecule has 2 rings (SSSR count). The second kappa shape index (κ2) is 4.28. The van der Waals surface area contributed by atoms with Crippen molar-refractivity contribution in [1.82, 2.24) is 15.3 Å². The fourth-order valence-electron chi connectivity index (χ4n) is 1.25. The van der Waals surface area contributed by atoms with Gasteiger partial charge in [0.05, 0.1) is 6.20 Å². The molecule has 4 heteroatoms. The van der Waals surface area contributed by atoms with Crippen LogP contribution in [0.3, 0.4) is 0 Å². The van der Waals surface area contributed by atoms with Gasteiger partial charge in [-0.25, -0.2) is 4.98 Å². The van der Waals surface area contributed by atoms with Crippen LogP contribution < -0.4 is 5.32 Å². The Bertz CT molecular complexity index is 308. The molecule has 1 aromatic heterocycles. The van der Waals surface area contributed by atoms with Gasteiger partial charge in [-0.1, -0.05) is 0 Å². The van der Waals surface area contributed by atoms with E-state index in [0.717, 1.165) is 6.54 Å².